The van der Waals surface area contributed by atoms with E-state index in [1.807, 2.05) is 25.5 Å². The van der Waals surface area contributed by atoms with Crippen LogP contribution in [0.1, 0.15) is 40.1 Å². The molecule has 0 spiro atoms. The summed E-state index contributed by atoms with van der Waals surface area (Å²) in [6.45, 7) is 9.61. The molecule has 3 N–H and O–H groups in total. The maximum atomic E-state index is 12.9. The summed E-state index contributed by atoms with van der Waals surface area (Å²) < 4.78 is 13.3. The highest BCUT2D eigenvalue weighted by molar-refractivity contribution is 5.94. The lowest BCUT2D eigenvalue weighted by atomic mass is 10.2. The monoisotopic (exact) mass is 443 g/mol. The predicted octanol–water partition coefficient (Wildman–Crippen LogP) is -0.338. The molecule has 1 aliphatic heterocycles. The number of amides is 1. The van der Waals surface area contributed by atoms with Gasteiger partial charge in [-0.2, -0.15) is 14.9 Å². The number of aromatic nitrogens is 7. The highest BCUT2D eigenvalue weighted by Gasteiger charge is 2.26. The van der Waals surface area contributed by atoms with Gasteiger partial charge in [-0.1, -0.05) is 5.21 Å². The Hall–Kier alpha value is -3.65. The van der Waals surface area contributed by atoms with E-state index in [0.717, 1.165) is 23.5 Å². The van der Waals surface area contributed by atoms with Crippen LogP contribution >= 0.6 is 0 Å². The van der Waals surface area contributed by atoms with E-state index in [1.54, 1.807) is 6.21 Å². The maximum absolute atomic E-state index is 12.9. The van der Waals surface area contributed by atoms with Gasteiger partial charge < -0.3 is 10.5 Å². The normalized spacial score (nSPS) is 15.0. The fourth-order valence-corrected chi connectivity index (χ4v) is 3.51. The molecule has 4 rings (SSSR count). The molecule has 14 nitrogen and oxygen atoms in total. The summed E-state index contributed by atoms with van der Waals surface area (Å²) in [5.41, 5.74) is 11.6. The van der Waals surface area contributed by atoms with Crippen molar-refractivity contribution in [1.29, 1.82) is 0 Å². The Bertz CT molecular complexity index is 1120. The number of hydrogen-bond acceptors (Lipinski definition) is 11. The number of morpholine rings is 1. The van der Waals surface area contributed by atoms with E-state index in [0.29, 0.717) is 38.5 Å². The average Bonchev–Trinajstić information content (AvgIpc) is 3.47. The van der Waals surface area contributed by atoms with Gasteiger partial charge in [0.15, 0.2) is 5.69 Å². The van der Waals surface area contributed by atoms with Crippen LogP contribution in [0.15, 0.2) is 9.73 Å². The fraction of sp³-hybridized carbons (Fsp3) is 0.500. The zero-order chi connectivity index (χ0) is 22.7. The second-order valence-electron chi connectivity index (χ2n) is 7.26. The minimum absolute atomic E-state index is 0.0435. The van der Waals surface area contributed by atoms with Gasteiger partial charge in [0.25, 0.3) is 5.91 Å². The number of nitrogens with zero attached hydrogens (tertiary/aromatic N) is 9. The summed E-state index contributed by atoms with van der Waals surface area (Å²) in [6.07, 6.45) is 1.58. The number of carbonyl (C=O) groups excluding carboxylic acids is 1. The lowest BCUT2D eigenvalue weighted by Crippen LogP contribution is -2.37. The molecule has 1 fully saturated rings. The van der Waals surface area contributed by atoms with E-state index in [9.17, 15) is 4.79 Å². The molecule has 0 atom stereocenters. The standard InChI is InChI=1S/C18H25N11O3/c1-4-28-12(3)13(11(2)23-28)9-20-22-18(30)15-14(10-27-5-7-31-8-6-27)29(26-21-15)17-16(19)24-32-25-17/h9H,4-8,10H2,1-3H3,(H2,19,24)(H,22,30)/b20-9-. The molecule has 0 aromatic carbocycles. The first-order valence-electron chi connectivity index (χ1n) is 10.2. The zero-order valence-corrected chi connectivity index (χ0v) is 18.1. The predicted molar refractivity (Wildman–Crippen MR) is 112 cm³/mol. The summed E-state index contributed by atoms with van der Waals surface area (Å²) in [5.74, 6) is -0.299. The Labute approximate surface area is 183 Å². The number of nitrogen functional groups attached to an aromatic ring is 1. The summed E-state index contributed by atoms with van der Waals surface area (Å²) in [5, 5.41) is 24.0. The average molecular weight is 443 g/mol. The van der Waals surface area contributed by atoms with Crippen molar-refractivity contribution in [2.75, 3.05) is 32.0 Å². The highest BCUT2D eigenvalue weighted by atomic mass is 16.6. The number of carbonyl (C=O) groups is 1. The van der Waals surface area contributed by atoms with Gasteiger partial charge >= 0.3 is 0 Å². The topological polar surface area (TPSA) is 167 Å². The number of anilines is 1. The Morgan fingerprint density at radius 2 is 2.06 bits per heavy atom. The first-order valence-corrected chi connectivity index (χ1v) is 10.2. The first kappa shape index (κ1) is 21.6. The van der Waals surface area contributed by atoms with Gasteiger partial charge in [-0.3, -0.25) is 14.4 Å². The van der Waals surface area contributed by atoms with Crippen LogP contribution in [-0.4, -0.2) is 78.4 Å². The van der Waals surface area contributed by atoms with Crippen LogP contribution in [0.25, 0.3) is 5.82 Å². The third kappa shape index (κ3) is 4.22. The summed E-state index contributed by atoms with van der Waals surface area (Å²) in [7, 11) is 0. The molecule has 0 saturated carbocycles. The molecule has 32 heavy (non-hydrogen) atoms. The van der Waals surface area contributed by atoms with Crippen LogP contribution in [0.3, 0.4) is 0 Å². The molecule has 3 aromatic heterocycles. The lowest BCUT2D eigenvalue weighted by molar-refractivity contribution is 0.0332. The SMILES string of the molecule is CCn1nc(C)c(/C=N\NC(=O)c2nnn(-c3nonc3N)c2CN2CCOCC2)c1C. The van der Waals surface area contributed by atoms with Crippen molar-refractivity contribution >= 4 is 17.9 Å². The Morgan fingerprint density at radius 3 is 2.72 bits per heavy atom. The van der Waals surface area contributed by atoms with Crippen molar-refractivity contribution in [3.05, 3.63) is 28.3 Å². The fourth-order valence-electron chi connectivity index (χ4n) is 3.51. The largest absolute Gasteiger partial charge is 0.379 e. The highest BCUT2D eigenvalue weighted by Crippen LogP contribution is 2.18. The van der Waals surface area contributed by atoms with Crippen molar-refractivity contribution in [2.45, 2.75) is 33.9 Å². The molecular weight excluding hydrogens is 418 g/mol. The number of hydrogen-bond donors (Lipinski definition) is 2. The number of nitrogens with two attached hydrogens (primary N) is 1. The van der Waals surface area contributed by atoms with Crippen molar-refractivity contribution in [3.8, 4) is 5.82 Å². The van der Waals surface area contributed by atoms with E-state index in [4.69, 9.17) is 10.5 Å². The van der Waals surface area contributed by atoms with Crippen LogP contribution < -0.4 is 11.2 Å². The first-order chi connectivity index (χ1) is 15.5. The summed E-state index contributed by atoms with van der Waals surface area (Å²) in [4.78, 5) is 15.0. The van der Waals surface area contributed by atoms with Crippen LogP contribution in [0.4, 0.5) is 5.82 Å². The van der Waals surface area contributed by atoms with Gasteiger partial charge in [-0.15, -0.1) is 5.10 Å². The van der Waals surface area contributed by atoms with Gasteiger partial charge in [0, 0.05) is 37.4 Å². The maximum Gasteiger partial charge on any atom is 0.293 e. The number of aryl methyl sites for hydroxylation is 2. The molecule has 1 amide bonds. The Morgan fingerprint density at radius 1 is 1.28 bits per heavy atom. The molecule has 170 valence electrons. The van der Waals surface area contributed by atoms with E-state index < -0.39 is 5.91 Å². The smallest absolute Gasteiger partial charge is 0.293 e. The van der Waals surface area contributed by atoms with E-state index in [2.05, 4.69) is 45.8 Å². The lowest BCUT2D eigenvalue weighted by Gasteiger charge is -2.26. The van der Waals surface area contributed by atoms with Crippen molar-refractivity contribution in [2.24, 2.45) is 5.10 Å². The Kier molecular flexibility index (Phi) is 6.23. The molecule has 0 unspecified atom stereocenters. The second kappa shape index (κ2) is 9.23. The number of rotatable bonds is 7. The Balaban J connectivity index is 1.58. The van der Waals surface area contributed by atoms with Crippen molar-refractivity contribution in [3.63, 3.8) is 0 Å². The number of ether oxygens (including phenoxy) is 1. The summed E-state index contributed by atoms with van der Waals surface area (Å²) >= 11 is 0. The number of nitrogens with one attached hydrogen (secondary N) is 1. The van der Waals surface area contributed by atoms with Gasteiger partial charge in [0.1, 0.15) is 0 Å². The molecule has 0 radical (unpaired) electrons. The van der Waals surface area contributed by atoms with Gasteiger partial charge in [0.05, 0.1) is 30.8 Å². The molecule has 1 saturated heterocycles. The third-order valence-electron chi connectivity index (χ3n) is 5.25. The van der Waals surface area contributed by atoms with Crippen LogP contribution in [0.2, 0.25) is 0 Å². The zero-order valence-electron chi connectivity index (χ0n) is 18.1. The van der Waals surface area contributed by atoms with Crippen LogP contribution in [0.5, 0.6) is 0 Å². The van der Waals surface area contributed by atoms with Crippen LogP contribution in [-0.2, 0) is 17.8 Å². The summed E-state index contributed by atoms with van der Waals surface area (Å²) in [6, 6.07) is 0. The van der Waals surface area contributed by atoms with Gasteiger partial charge in [-0.25, -0.2) is 10.1 Å². The van der Waals surface area contributed by atoms with E-state index in [-0.39, 0.29) is 17.3 Å². The molecule has 4 heterocycles. The molecular formula is C18H25N11O3. The molecule has 0 aliphatic carbocycles. The number of hydrazone groups is 1. The minimum Gasteiger partial charge on any atom is -0.379 e. The molecule has 14 heteroatoms. The van der Waals surface area contributed by atoms with Gasteiger partial charge in [-0.05, 0) is 31.1 Å². The van der Waals surface area contributed by atoms with Crippen molar-refractivity contribution < 1.29 is 14.2 Å². The molecule has 3 aromatic rings. The minimum atomic E-state index is -0.510. The van der Waals surface area contributed by atoms with E-state index >= 15 is 0 Å². The van der Waals surface area contributed by atoms with Gasteiger partial charge in [0.2, 0.25) is 11.6 Å². The quantitative estimate of drug-likeness (QED) is 0.364. The molecule has 0 bridgehead atoms. The second-order valence-corrected chi connectivity index (χ2v) is 7.26. The van der Waals surface area contributed by atoms with Crippen LogP contribution in [0, 0.1) is 13.8 Å². The third-order valence-corrected chi connectivity index (χ3v) is 5.25. The van der Waals surface area contributed by atoms with Crippen molar-refractivity contribution in [1.82, 2.24) is 45.4 Å². The van der Waals surface area contributed by atoms with E-state index in [1.165, 1.54) is 4.68 Å². The molecule has 1 aliphatic rings.